The lowest BCUT2D eigenvalue weighted by molar-refractivity contribution is 0.0553. The van der Waals surface area contributed by atoms with Gasteiger partial charge in [-0.2, -0.15) is 5.10 Å². The molecule has 2 aromatic heterocycles. The standard InChI is InChI=1S/C22H18N2O5/c1-27-15-9-6-8-14(11-15)17-12-13-7-4-5-10-16(13)20-18(21(25)28-2)19(22(26)29-3)23-24(17)20/h4-12H,1-3H3. The van der Waals surface area contributed by atoms with Crippen LogP contribution >= 0.6 is 0 Å². The summed E-state index contributed by atoms with van der Waals surface area (Å²) in [7, 11) is 4.10. The molecule has 4 aromatic rings. The second-order valence-electron chi connectivity index (χ2n) is 6.32. The van der Waals surface area contributed by atoms with Crippen molar-refractivity contribution in [1.82, 2.24) is 9.61 Å². The number of aromatic nitrogens is 2. The normalized spacial score (nSPS) is 10.9. The minimum atomic E-state index is -0.713. The third-order valence-corrected chi connectivity index (χ3v) is 4.76. The van der Waals surface area contributed by atoms with Gasteiger partial charge in [-0.15, -0.1) is 0 Å². The van der Waals surface area contributed by atoms with Gasteiger partial charge >= 0.3 is 11.9 Å². The number of benzene rings is 2. The Hall–Kier alpha value is -3.87. The summed E-state index contributed by atoms with van der Waals surface area (Å²) in [5.41, 5.74) is 1.96. The SMILES string of the molecule is COC(=O)c1nn2c(-c3cccc(OC)c3)cc3ccccc3c2c1C(=O)OC. The summed E-state index contributed by atoms with van der Waals surface area (Å²) in [6.07, 6.45) is 0. The molecule has 7 heteroatoms. The van der Waals surface area contributed by atoms with Crippen molar-refractivity contribution >= 4 is 28.2 Å². The molecule has 0 bridgehead atoms. The molecule has 29 heavy (non-hydrogen) atoms. The van der Waals surface area contributed by atoms with Crippen molar-refractivity contribution in [3.05, 3.63) is 65.9 Å². The Balaban J connectivity index is 2.18. The second-order valence-corrected chi connectivity index (χ2v) is 6.32. The van der Waals surface area contributed by atoms with Gasteiger partial charge in [0.25, 0.3) is 0 Å². The number of hydrogen-bond donors (Lipinski definition) is 0. The summed E-state index contributed by atoms with van der Waals surface area (Å²) in [6, 6.07) is 17.0. The molecule has 7 nitrogen and oxygen atoms in total. The van der Waals surface area contributed by atoms with Crippen LogP contribution in [0.15, 0.2) is 54.6 Å². The number of carbonyl (C=O) groups excluding carboxylic acids is 2. The highest BCUT2D eigenvalue weighted by Crippen LogP contribution is 2.33. The van der Waals surface area contributed by atoms with E-state index >= 15 is 0 Å². The molecular weight excluding hydrogens is 372 g/mol. The van der Waals surface area contributed by atoms with Gasteiger partial charge in [0.15, 0.2) is 5.69 Å². The Morgan fingerprint density at radius 2 is 1.66 bits per heavy atom. The molecule has 0 aliphatic rings. The van der Waals surface area contributed by atoms with E-state index in [9.17, 15) is 9.59 Å². The van der Waals surface area contributed by atoms with Gasteiger partial charge < -0.3 is 14.2 Å². The van der Waals surface area contributed by atoms with Crippen LogP contribution in [0.3, 0.4) is 0 Å². The monoisotopic (exact) mass is 390 g/mol. The Morgan fingerprint density at radius 1 is 0.897 bits per heavy atom. The molecule has 2 aromatic carbocycles. The van der Waals surface area contributed by atoms with Gasteiger partial charge in [-0.05, 0) is 23.6 Å². The maximum Gasteiger partial charge on any atom is 0.359 e. The molecule has 0 saturated heterocycles. The van der Waals surface area contributed by atoms with Crippen molar-refractivity contribution in [2.24, 2.45) is 0 Å². The summed E-state index contributed by atoms with van der Waals surface area (Å²) in [4.78, 5) is 25.0. The summed E-state index contributed by atoms with van der Waals surface area (Å²) in [5, 5.41) is 6.09. The molecule has 0 N–H and O–H groups in total. The zero-order chi connectivity index (χ0) is 20.5. The van der Waals surface area contributed by atoms with Crippen LogP contribution in [0.25, 0.3) is 27.5 Å². The molecule has 0 atom stereocenters. The highest BCUT2D eigenvalue weighted by Gasteiger charge is 2.28. The number of rotatable bonds is 4. The summed E-state index contributed by atoms with van der Waals surface area (Å²) < 4.78 is 16.7. The van der Waals surface area contributed by atoms with Gasteiger partial charge in [-0.25, -0.2) is 14.1 Å². The van der Waals surface area contributed by atoms with Crippen LogP contribution < -0.4 is 4.74 Å². The molecule has 0 aliphatic heterocycles. The van der Waals surface area contributed by atoms with Crippen LogP contribution in [0.4, 0.5) is 0 Å². The van der Waals surface area contributed by atoms with Gasteiger partial charge in [0.1, 0.15) is 11.3 Å². The second kappa shape index (κ2) is 7.27. The fraction of sp³-hybridized carbons (Fsp3) is 0.136. The fourth-order valence-electron chi connectivity index (χ4n) is 3.41. The third kappa shape index (κ3) is 2.97. The highest BCUT2D eigenvalue weighted by molar-refractivity contribution is 6.14. The van der Waals surface area contributed by atoms with Crippen molar-refractivity contribution in [2.45, 2.75) is 0 Å². The third-order valence-electron chi connectivity index (χ3n) is 4.76. The highest BCUT2D eigenvalue weighted by atomic mass is 16.5. The molecule has 146 valence electrons. The molecule has 2 heterocycles. The first-order chi connectivity index (χ1) is 14.1. The van der Waals surface area contributed by atoms with Crippen LogP contribution in [0.1, 0.15) is 20.8 Å². The average molecular weight is 390 g/mol. The predicted octanol–water partition coefficient (Wildman–Crippen LogP) is 3.74. The van der Waals surface area contributed by atoms with E-state index in [1.165, 1.54) is 14.2 Å². The van der Waals surface area contributed by atoms with Crippen LogP contribution in [-0.4, -0.2) is 42.9 Å². The molecule has 0 unspecified atom stereocenters. The summed E-state index contributed by atoms with van der Waals surface area (Å²) >= 11 is 0. The van der Waals surface area contributed by atoms with E-state index in [-0.39, 0.29) is 11.3 Å². The zero-order valence-electron chi connectivity index (χ0n) is 16.1. The number of methoxy groups -OCH3 is 3. The van der Waals surface area contributed by atoms with Crippen molar-refractivity contribution in [2.75, 3.05) is 21.3 Å². The first-order valence-corrected chi connectivity index (χ1v) is 8.84. The van der Waals surface area contributed by atoms with Crippen LogP contribution in [0, 0.1) is 0 Å². The number of ether oxygens (including phenoxy) is 3. The van der Waals surface area contributed by atoms with Gasteiger partial charge in [0.2, 0.25) is 0 Å². The quantitative estimate of drug-likeness (QED) is 0.494. The van der Waals surface area contributed by atoms with Gasteiger partial charge in [0.05, 0.1) is 32.5 Å². The summed E-state index contributed by atoms with van der Waals surface area (Å²) in [6.45, 7) is 0. The molecule has 0 fully saturated rings. The fourth-order valence-corrected chi connectivity index (χ4v) is 3.41. The first kappa shape index (κ1) is 18.5. The van der Waals surface area contributed by atoms with E-state index in [0.29, 0.717) is 17.0 Å². The van der Waals surface area contributed by atoms with Crippen molar-refractivity contribution in [3.8, 4) is 17.0 Å². The Morgan fingerprint density at radius 3 is 2.38 bits per heavy atom. The average Bonchev–Trinajstić information content (AvgIpc) is 3.18. The van der Waals surface area contributed by atoms with Crippen molar-refractivity contribution in [3.63, 3.8) is 0 Å². The van der Waals surface area contributed by atoms with Gasteiger partial charge in [0, 0.05) is 10.9 Å². The van der Waals surface area contributed by atoms with Crippen LogP contribution in [0.5, 0.6) is 5.75 Å². The smallest absolute Gasteiger partial charge is 0.359 e. The minimum absolute atomic E-state index is 0.0697. The van der Waals surface area contributed by atoms with Crippen LogP contribution in [-0.2, 0) is 9.47 Å². The zero-order valence-corrected chi connectivity index (χ0v) is 16.1. The van der Waals surface area contributed by atoms with Gasteiger partial charge in [-0.1, -0.05) is 36.4 Å². The number of esters is 2. The Labute approximate surface area is 166 Å². The van der Waals surface area contributed by atoms with E-state index < -0.39 is 11.9 Å². The molecule has 0 radical (unpaired) electrons. The molecule has 0 aliphatic carbocycles. The van der Waals surface area contributed by atoms with E-state index in [1.54, 1.807) is 11.6 Å². The number of nitrogens with zero attached hydrogens (tertiary/aromatic N) is 2. The molecule has 0 amide bonds. The summed E-state index contributed by atoms with van der Waals surface area (Å²) in [5.74, 6) is -0.694. The molecule has 0 saturated carbocycles. The lowest BCUT2D eigenvalue weighted by Gasteiger charge is -2.10. The van der Waals surface area contributed by atoms with E-state index in [4.69, 9.17) is 14.2 Å². The maximum atomic E-state index is 12.6. The number of hydrogen-bond acceptors (Lipinski definition) is 6. The van der Waals surface area contributed by atoms with Crippen molar-refractivity contribution in [1.29, 1.82) is 0 Å². The van der Waals surface area contributed by atoms with E-state index in [0.717, 1.165) is 16.3 Å². The first-order valence-electron chi connectivity index (χ1n) is 8.84. The molecule has 0 spiro atoms. The number of fused-ring (bicyclic) bond motifs is 3. The molecular formula is C22H18N2O5. The van der Waals surface area contributed by atoms with Crippen molar-refractivity contribution < 1.29 is 23.8 Å². The van der Waals surface area contributed by atoms with E-state index in [1.807, 2.05) is 54.6 Å². The number of pyridine rings is 1. The molecule has 4 rings (SSSR count). The van der Waals surface area contributed by atoms with Crippen LogP contribution in [0.2, 0.25) is 0 Å². The largest absolute Gasteiger partial charge is 0.497 e. The minimum Gasteiger partial charge on any atom is -0.497 e. The maximum absolute atomic E-state index is 12.6. The Kier molecular flexibility index (Phi) is 4.64. The van der Waals surface area contributed by atoms with E-state index in [2.05, 4.69) is 5.10 Å². The Bertz CT molecular complexity index is 1260. The number of carbonyl (C=O) groups is 2. The van der Waals surface area contributed by atoms with Gasteiger partial charge in [-0.3, -0.25) is 0 Å². The topological polar surface area (TPSA) is 79.1 Å². The predicted molar refractivity (Wildman–Crippen MR) is 107 cm³/mol. The lowest BCUT2D eigenvalue weighted by atomic mass is 10.0. The lowest BCUT2D eigenvalue weighted by Crippen LogP contribution is -2.10.